The maximum absolute atomic E-state index is 12.0. The number of benzene rings is 1. The lowest BCUT2D eigenvalue weighted by Crippen LogP contribution is -2.36. The first-order valence-corrected chi connectivity index (χ1v) is 7.02. The summed E-state index contributed by atoms with van der Waals surface area (Å²) in [5.74, 6) is -0.0851. The fraction of sp³-hybridized carbons (Fsp3) is 0.333. The minimum absolute atomic E-state index is 0.0851. The smallest absolute Gasteiger partial charge is 0.251 e. The highest BCUT2D eigenvalue weighted by molar-refractivity contribution is 5.94. The molecule has 2 N–H and O–H groups in total. The van der Waals surface area contributed by atoms with E-state index in [0.29, 0.717) is 12.1 Å². The molecule has 1 aromatic heterocycles. The van der Waals surface area contributed by atoms with E-state index in [9.17, 15) is 4.79 Å². The lowest BCUT2D eigenvalue weighted by Gasteiger charge is -2.28. The molecule has 0 unspecified atom stereocenters. The maximum Gasteiger partial charge on any atom is 0.251 e. The number of ether oxygens (including phenoxy) is 1. The molecule has 0 aliphatic carbocycles. The summed E-state index contributed by atoms with van der Waals surface area (Å²) in [6.45, 7) is 3.75. The number of aromatic amines is 1. The van der Waals surface area contributed by atoms with Gasteiger partial charge in [0.25, 0.3) is 5.91 Å². The summed E-state index contributed by atoms with van der Waals surface area (Å²) in [6, 6.07) is 9.51. The molecular weight excluding hydrogens is 268 g/mol. The minimum atomic E-state index is -0.0851. The van der Waals surface area contributed by atoms with Crippen LogP contribution >= 0.6 is 0 Å². The number of anilines is 1. The average molecular weight is 286 g/mol. The lowest BCUT2D eigenvalue weighted by atomic mass is 10.1. The van der Waals surface area contributed by atoms with Gasteiger partial charge in [0.15, 0.2) is 0 Å². The van der Waals surface area contributed by atoms with Crippen LogP contribution in [0.5, 0.6) is 0 Å². The van der Waals surface area contributed by atoms with Crippen molar-refractivity contribution in [1.82, 2.24) is 15.5 Å². The standard InChI is InChI=1S/C15H18N4O2/c20-15(16-11-13-5-6-17-18-13)12-1-3-14(4-2-12)19-7-9-21-10-8-19/h1-6H,7-11H2,(H,16,20)(H,17,18). The second-order valence-electron chi connectivity index (χ2n) is 4.91. The van der Waals surface area contributed by atoms with E-state index >= 15 is 0 Å². The van der Waals surface area contributed by atoms with Crippen LogP contribution in [0.15, 0.2) is 36.5 Å². The molecule has 2 aromatic rings. The van der Waals surface area contributed by atoms with Crippen LogP contribution in [0.4, 0.5) is 5.69 Å². The Balaban J connectivity index is 1.59. The molecule has 1 aromatic carbocycles. The third kappa shape index (κ3) is 3.41. The quantitative estimate of drug-likeness (QED) is 0.885. The van der Waals surface area contributed by atoms with Gasteiger partial charge in [-0.05, 0) is 30.3 Å². The predicted molar refractivity (Wildman–Crippen MR) is 79.2 cm³/mol. The first-order chi connectivity index (χ1) is 10.3. The molecule has 0 spiro atoms. The van der Waals surface area contributed by atoms with Crippen molar-refractivity contribution in [3.05, 3.63) is 47.8 Å². The molecule has 0 saturated carbocycles. The Labute approximate surface area is 123 Å². The fourth-order valence-corrected chi connectivity index (χ4v) is 2.31. The molecule has 21 heavy (non-hydrogen) atoms. The van der Waals surface area contributed by atoms with Crippen molar-refractivity contribution in [2.45, 2.75) is 6.54 Å². The van der Waals surface area contributed by atoms with Crippen molar-refractivity contribution in [3.63, 3.8) is 0 Å². The first-order valence-electron chi connectivity index (χ1n) is 7.02. The minimum Gasteiger partial charge on any atom is -0.378 e. The van der Waals surface area contributed by atoms with Crippen LogP contribution in [-0.4, -0.2) is 42.4 Å². The van der Waals surface area contributed by atoms with E-state index in [-0.39, 0.29) is 5.91 Å². The molecule has 110 valence electrons. The monoisotopic (exact) mass is 286 g/mol. The molecule has 3 rings (SSSR count). The van der Waals surface area contributed by atoms with Crippen molar-refractivity contribution in [3.8, 4) is 0 Å². The van der Waals surface area contributed by atoms with E-state index < -0.39 is 0 Å². The van der Waals surface area contributed by atoms with Crippen LogP contribution < -0.4 is 10.2 Å². The van der Waals surface area contributed by atoms with Gasteiger partial charge >= 0.3 is 0 Å². The summed E-state index contributed by atoms with van der Waals surface area (Å²) < 4.78 is 5.34. The highest BCUT2D eigenvalue weighted by Gasteiger charge is 2.12. The highest BCUT2D eigenvalue weighted by atomic mass is 16.5. The van der Waals surface area contributed by atoms with Crippen molar-refractivity contribution in [1.29, 1.82) is 0 Å². The molecule has 0 atom stereocenters. The fourth-order valence-electron chi connectivity index (χ4n) is 2.31. The van der Waals surface area contributed by atoms with Gasteiger partial charge in [-0.2, -0.15) is 5.10 Å². The predicted octanol–water partition coefficient (Wildman–Crippen LogP) is 1.18. The van der Waals surface area contributed by atoms with Gasteiger partial charge in [-0.25, -0.2) is 0 Å². The molecule has 6 heteroatoms. The Kier molecular flexibility index (Phi) is 4.16. The van der Waals surface area contributed by atoms with E-state index in [1.165, 1.54) is 0 Å². The van der Waals surface area contributed by atoms with Crippen molar-refractivity contribution in [2.24, 2.45) is 0 Å². The molecule has 1 saturated heterocycles. The van der Waals surface area contributed by atoms with Gasteiger partial charge in [-0.1, -0.05) is 0 Å². The van der Waals surface area contributed by atoms with Crippen molar-refractivity contribution in [2.75, 3.05) is 31.2 Å². The van der Waals surface area contributed by atoms with Gasteiger partial charge in [0, 0.05) is 30.5 Å². The van der Waals surface area contributed by atoms with E-state index in [4.69, 9.17) is 4.74 Å². The molecule has 2 heterocycles. The summed E-state index contributed by atoms with van der Waals surface area (Å²) in [5, 5.41) is 9.51. The van der Waals surface area contributed by atoms with Crippen LogP contribution in [-0.2, 0) is 11.3 Å². The second kappa shape index (κ2) is 6.41. The highest BCUT2D eigenvalue weighted by Crippen LogP contribution is 2.16. The van der Waals surface area contributed by atoms with Crippen LogP contribution in [0.1, 0.15) is 16.1 Å². The summed E-state index contributed by atoms with van der Waals surface area (Å²) in [4.78, 5) is 14.3. The number of hydrogen-bond acceptors (Lipinski definition) is 4. The number of nitrogens with one attached hydrogen (secondary N) is 2. The van der Waals surface area contributed by atoms with Gasteiger partial charge in [0.2, 0.25) is 0 Å². The molecule has 1 aliphatic heterocycles. The number of morpholine rings is 1. The van der Waals surface area contributed by atoms with Crippen LogP contribution in [0, 0.1) is 0 Å². The maximum atomic E-state index is 12.0. The molecule has 1 aliphatic rings. The first kappa shape index (κ1) is 13.6. The normalized spacial score (nSPS) is 15.0. The van der Waals surface area contributed by atoms with Crippen molar-refractivity contribution < 1.29 is 9.53 Å². The molecular formula is C15H18N4O2. The molecule has 1 fully saturated rings. The number of hydrogen-bond donors (Lipinski definition) is 2. The SMILES string of the molecule is O=C(NCc1ccn[nH]1)c1ccc(N2CCOCC2)cc1. The number of carbonyl (C=O) groups is 1. The van der Waals surface area contributed by atoms with Crippen LogP contribution in [0.2, 0.25) is 0 Å². The van der Waals surface area contributed by atoms with Gasteiger partial charge in [0.1, 0.15) is 0 Å². The summed E-state index contributed by atoms with van der Waals surface area (Å²) in [6.07, 6.45) is 1.67. The zero-order valence-electron chi connectivity index (χ0n) is 11.7. The van der Waals surface area contributed by atoms with Crippen LogP contribution in [0.25, 0.3) is 0 Å². The zero-order valence-corrected chi connectivity index (χ0v) is 11.7. The van der Waals surface area contributed by atoms with Gasteiger partial charge in [-0.15, -0.1) is 0 Å². The third-order valence-electron chi connectivity index (χ3n) is 3.50. The number of nitrogens with zero attached hydrogens (tertiary/aromatic N) is 2. The molecule has 0 radical (unpaired) electrons. The average Bonchev–Trinajstić information content (AvgIpc) is 3.07. The Morgan fingerprint density at radius 3 is 2.67 bits per heavy atom. The number of amides is 1. The van der Waals surface area contributed by atoms with E-state index in [1.54, 1.807) is 6.20 Å². The summed E-state index contributed by atoms with van der Waals surface area (Å²) in [5.41, 5.74) is 2.67. The second-order valence-corrected chi connectivity index (χ2v) is 4.91. The Hall–Kier alpha value is -2.34. The Morgan fingerprint density at radius 2 is 2.00 bits per heavy atom. The molecule has 6 nitrogen and oxygen atoms in total. The van der Waals surface area contributed by atoms with Crippen LogP contribution in [0.3, 0.4) is 0 Å². The Bertz CT molecular complexity index is 574. The number of rotatable bonds is 4. The van der Waals surface area contributed by atoms with E-state index in [1.807, 2.05) is 30.3 Å². The largest absolute Gasteiger partial charge is 0.378 e. The number of aromatic nitrogens is 2. The topological polar surface area (TPSA) is 70.2 Å². The summed E-state index contributed by atoms with van der Waals surface area (Å²) in [7, 11) is 0. The Morgan fingerprint density at radius 1 is 1.24 bits per heavy atom. The number of H-pyrrole nitrogens is 1. The van der Waals surface area contributed by atoms with E-state index in [2.05, 4.69) is 20.4 Å². The van der Waals surface area contributed by atoms with Gasteiger partial charge in [-0.3, -0.25) is 9.89 Å². The van der Waals surface area contributed by atoms with Gasteiger partial charge < -0.3 is 15.0 Å². The lowest BCUT2D eigenvalue weighted by molar-refractivity contribution is 0.0950. The van der Waals surface area contributed by atoms with E-state index in [0.717, 1.165) is 37.7 Å². The molecule has 1 amide bonds. The molecule has 0 bridgehead atoms. The zero-order chi connectivity index (χ0) is 14.5. The van der Waals surface area contributed by atoms with Gasteiger partial charge in [0.05, 0.1) is 25.5 Å². The summed E-state index contributed by atoms with van der Waals surface area (Å²) >= 11 is 0. The van der Waals surface area contributed by atoms with Crippen molar-refractivity contribution >= 4 is 11.6 Å². The number of carbonyl (C=O) groups excluding carboxylic acids is 1. The third-order valence-corrected chi connectivity index (χ3v) is 3.50.